The summed E-state index contributed by atoms with van der Waals surface area (Å²) < 4.78 is 1.09. The summed E-state index contributed by atoms with van der Waals surface area (Å²) in [5, 5.41) is 6.67. The predicted octanol–water partition coefficient (Wildman–Crippen LogP) is 5.99. The van der Waals surface area contributed by atoms with Gasteiger partial charge in [0.05, 0.1) is 21.8 Å². The van der Waals surface area contributed by atoms with Gasteiger partial charge in [-0.2, -0.15) is 0 Å². The number of para-hydroxylation sites is 1. The third-order valence-electron chi connectivity index (χ3n) is 2.34. The van der Waals surface area contributed by atoms with Gasteiger partial charge in [-0.1, -0.05) is 29.3 Å². The summed E-state index contributed by atoms with van der Waals surface area (Å²) in [6.07, 6.45) is 0. The van der Waals surface area contributed by atoms with Crippen molar-refractivity contribution in [2.24, 2.45) is 0 Å². The molecule has 1 nitrogen and oxygen atoms in total. The zero-order chi connectivity index (χ0) is 12.4. The molecule has 0 aliphatic carbocycles. The van der Waals surface area contributed by atoms with E-state index in [4.69, 9.17) is 23.2 Å². The molecule has 0 fully saturated rings. The van der Waals surface area contributed by atoms with Crippen molar-refractivity contribution in [2.75, 3.05) is 5.32 Å². The van der Waals surface area contributed by atoms with Crippen molar-refractivity contribution in [1.29, 1.82) is 0 Å². The van der Waals surface area contributed by atoms with Crippen molar-refractivity contribution >= 4 is 56.2 Å². The fourth-order valence-corrected chi connectivity index (χ4v) is 3.44. The van der Waals surface area contributed by atoms with Crippen LogP contribution in [0.1, 0.15) is 17.8 Å². The Labute approximate surface area is 123 Å². The Morgan fingerprint density at radius 3 is 2.47 bits per heavy atom. The molecule has 1 atom stereocenters. The molecule has 1 heterocycles. The monoisotopic (exact) mass is 349 g/mol. The Bertz CT molecular complexity index is 507. The first kappa shape index (κ1) is 13.2. The standard InChI is InChI=1S/C12H10BrCl2NS/c1-7(11-5-8(13)6-17-11)16-12-9(14)3-2-4-10(12)15/h2-7,16H,1H3. The van der Waals surface area contributed by atoms with Crippen LogP contribution < -0.4 is 5.32 Å². The second kappa shape index (κ2) is 5.61. The minimum atomic E-state index is 0.170. The van der Waals surface area contributed by atoms with E-state index in [0.29, 0.717) is 10.0 Å². The summed E-state index contributed by atoms with van der Waals surface area (Å²) in [6, 6.07) is 7.75. The van der Waals surface area contributed by atoms with E-state index in [-0.39, 0.29) is 6.04 Å². The second-order valence-corrected chi connectivity index (χ2v) is 6.30. The number of hydrogen-bond donors (Lipinski definition) is 1. The molecule has 0 spiro atoms. The van der Waals surface area contributed by atoms with E-state index in [0.717, 1.165) is 10.2 Å². The fourth-order valence-electron chi connectivity index (χ4n) is 1.48. The van der Waals surface area contributed by atoms with Gasteiger partial charge in [0.15, 0.2) is 0 Å². The summed E-state index contributed by atoms with van der Waals surface area (Å²) in [6.45, 7) is 2.08. The molecule has 1 aromatic heterocycles. The normalized spacial score (nSPS) is 12.5. The van der Waals surface area contributed by atoms with Gasteiger partial charge < -0.3 is 5.32 Å². The molecule has 0 bridgehead atoms. The van der Waals surface area contributed by atoms with Crippen molar-refractivity contribution in [3.63, 3.8) is 0 Å². The number of hydrogen-bond acceptors (Lipinski definition) is 2. The largest absolute Gasteiger partial charge is 0.375 e. The zero-order valence-electron chi connectivity index (χ0n) is 9.01. The highest BCUT2D eigenvalue weighted by molar-refractivity contribution is 9.10. The molecule has 0 saturated carbocycles. The maximum absolute atomic E-state index is 6.11. The van der Waals surface area contributed by atoms with Gasteiger partial charge in [0.2, 0.25) is 0 Å². The van der Waals surface area contributed by atoms with E-state index in [2.05, 4.69) is 39.6 Å². The highest BCUT2D eigenvalue weighted by Crippen LogP contribution is 2.34. The summed E-state index contributed by atoms with van der Waals surface area (Å²) in [7, 11) is 0. The molecule has 0 saturated heterocycles. The Balaban J connectivity index is 2.21. The lowest BCUT2D eigenvalue weighted by Gasteiger charge is -2.16. The summed E-state index contributed by atoms with van der Waals surface area (Å²) in [5.41, 5.74) is 0.785. The highest BCUT2D eigenvalue weighted by Gasteiger charge is 2.12. The van der Waals surface area contributed by atoms with Crippen LogP contribution in [-0.2, 0) is 0 Å². The first-order valence-electron chi connectivity index (χ1n) is 5.02. The predicted molar refractivity (Wildman–Crippen MR) is 80.5 cm³/mol. The lowest BCUT2D eigenvalue weighted by atomic mass is 10.2. The van der Waals surface area contributed by atoms with Crippen LogP contribution in [0.2, 0.25) is 10.0 Å². The first-order chi connectivity index (χ1) is 8.08. The van der Waals surface area contributed by atoms with E-state index in [9.17, 15) is 0 Å². The summed E-state index contributed by atoms with van der Waals surface area (Å²) >= 11 is 17.4. The lowest BCUT2D eigenvalue weighted by molar-refractivity contribution is 0.908. The van der Waals surface area contributed by atoms with Gasteiger partial charge in [0, 0.05) is 14.7 Å². The van der Waals surface area contributed by atoms with Gasteiger partial charge in [-0.3, -0.25) is 0 Å². The van der Waals surface area contributed by atoms with Crippen LogP contribution in [0.3, 0.4) is 0 Å². The van der Waals surface area contributed by atoms with E-state index in [1.165, 1.54) is 4.88 Å². The van der Waals surface area contributed by atoms with Crippen LogP contribution in [0, 0.1) is 0 Å². The van der Waals surface area contributed by atoms with Crippen LogP contribution in [-0.4, -0.2) is 0 Å². The Kier molecular flexibility index (Phi) is 4.36. The molecule has 2 aromatic rings. The topological polar surface area (TPSA) is 12.0 Å². The van der Waals surface area contributed by atoms with Gasteiger partial charge in [0.1, 0.15) is 0 Å². The molecule has 0 amide bonds. The van der Waals surface area contributed by atoms with Gasteiger partial charge in [0.25, 0.3) is 0 Å². The van der Waals surface area contributed by atoms with Gasteiger partial charge in [-0.05, 0) is 41.1 Å². The molecule has 1 unspecified atom stereocenters. The molecule has 90 valence electrons. The van der Waals surface area contributed by atoms with Crippen LogP contribution in [0.15, 0.2) is 34.1 Å². The Morgan fingerprint density at radius 1 is 1.29 bits per heavy atom. The molecule has 0 aliphatic rings. The van der Waals surface area contributed by atoms with Crippen molar-refractivity contribution in [3.8, 4) is 0 Å². The van der Waals surface area contributed by atoms with Gasteiger partial charge >= 0.3 is 0 Å². The molecule has 0 aliphatic heterocycles. The van der Waals surface area contributed by atoms with Crippen molar-refractivity contribution in [3.05, 3.63) is 49.0 Å². The highest BCUT2D eigenvalue weighted by atomic mass is 79.9. The van der Waals surface area contributed by atoms with Crippen molar-refractivity contribution in [1.82, 2.24) is 0 Å². The fraction of sp³-hybridized carbons (Fsp3) is 0.167. The van der Waals surface area contributed by atoms with Crippen LogP contribution in [0.25, 0.3) is 0 Å². The third kappa shape index (κ3) is 3.16. The molecule has 0 radical (unpaired) electrons. The quantitative estimate of drug-likeness (QED) is 0.716. The van der Waals surface area contributed by atoms with Crippen LogP contribution in [0.5, 0.6) is 0 Å². The van der Waals surface area contributed by atoms with E-state index in [1.807, 2.05) is 18.2 Å². The molecular weight excluding hydrogens is 341 g/mol. The Hall–Kier alpha value is -0.220. The number of halogens is 3. The summed E-state index contributed by atoms with van der Waals surface area (Å²) in [4.78, 5) is 1.23. The number of rotatable bonds is 3. The third-order valence-corrected chi connectivity index (χ3v) is 4.84. The molecule has 1 N–H and O–H groups in total. The van der Waals surface area contributed by atoms with Crippen molar-refractivity contribution in [2.45, 2.75) is 13.0 Å². The number of nitrogens with one attached hydrogen (secondary N) is 1. The number of benzene rings is 1. The van der Waals surface area contributed by atoms with E-state index >= 15 is 0 Å². The zero-order valence-corrected chi connectivity index (χ0v) is 12.9. The van der Waals surface area contributed by atoms with Gasteiger partial charge in [-0.15, -0.1) is 11.3 Å². The molecular formula is C12H10BrCl2NS. The molecule has 1 aromatic carbocycles. The SMILES string of the molecule is CC(Nc1c(Cl)cccc1Cl)c1cc(Br)cs1. The number of anilines is 1. The molecule has 17 heavy (non-hydrogen) atoms. The van der Waals surface area contributed by atoms with Crippen LogP contribution >= 0.6 is 50.5 Å². The minimum Gasteiger partial charge on any atom is -0.375 e. The smallest absolute Gasteiger partial charge is 0.0723 e. The molecule has 2 rings (SSSR count). The maximum Gasteiger partial charge on any atom is 0.0723 e. The Morgan fingerprint density at radius 2 is 1.94 bits per heavy atom. The van der Waals surface area contributed by atoms with Gasteiger partial charge in [-0.25, -0.2) is 0 Å². The summed E-state index contributed by atoms with van der Waals surface area (Å²) in [5.74, 6) is 0. The first-order valence-corrected chi connectivity index (χ1v) is 7.45. The minimum absolute atomic E-state index is 0.170. The van der Waals surface area contributed by atoms with E-state index < -0.39 is 0 Å². The van der Waals surface area contributed by atoms with Crippen molar-refractivity contribution < 1.29 is 0 Å². The number of thiophene rings is 1. The maximum atomic E-state index is 6.11. The average molecular weight is 351 g/mol. The lowest BCUT2D eigenvalue weighted by Crippen LogP contribution is -2.05. The van der Waals surface area contributed by atoms with Crippen LogP contribution in [0.4, 0.5) is 5.69 Å². The second-order valence-electron chi connectivity index (χ2n) is 3.63. The van der Waals surface area contributed by atoms with E-state index in [1.54, 1.807) is 11.3 Å². The average Bonchev–Trinajstić information content (AvgIpc) is 2.70. The molecule has 5 heteroatoms.